The van der Waals surface area contributed by atoms with Crippen molar-refractivity contribution in [3.05, 3.63) is 81.0 Å². The number of Topliss-reactive ketones (excluding diaryl/α,β-unsaturated/α-hetero) is 1. The summed E-state index contributed by atoms with van der Waals surface area (Å²) in [4.78, 5) is 32.8. The highest BCUT2D eigenvalue weighted by atomic mass is 35.5. The third-order valence-corrected chi connectivity index (χ3v) is 8.76. The molecule has 1 aromatic rings. The van der Waals surface area contributed by atoms with Crippen LogP contribution in [0, 0.1) is 17.1 Å². The number of fused-ring (bicyclic) bond motifs is 1. The number of aliphatic imine (C=N–C) groups is 1. The molecule has 0 bridgehead atoms. The molecule has 2 heterocycles. The largest absolute Gasteiger partial charge is 0.351 e. The van der Waals surface area contributed by atoms with E-state index in [1.54, 1.807) is 23.9 Å². The maximum absolute atomic E-state index is 12.8. The first-order chi connectivity index (χ1) is 23.0. The van der Waals surface area contributed by atoms with Crippen LogP contribution < -0.4 is 5.32 Å². The zero-order valence-corrected chi connectivity index (χ0v) is 30.7. The molecule has 0 radical (unpaired) electrons. The van der Waals surface area contributed by atoms with Crippen LogP contribution in [0.5, 0.6) is 0 Å². The van der Waals surface area contributed by atoms with Crippen molar-refractivity contribution in [1.29, 1.82) is 5.41 Å². The highest BCUT2D eigenvalue weighted by Gasteiger charge is 2.36. The van der Waals surface area contributed by atoms with E-state index in [1.807, 2.05) is 52.2 Å². The number of nitrogens with zero attached hydrogens (tertiary/aromatic N) is 2. The molecular weight excluding hydrogens is 657 g/mol. The van der Waals surface area contributed by atoms with Crippen LogP contribution in [0.3, 0.4) is 0 Å². The molecule has 1 amide bonds. The minimum absolute atomic E-state index is 0.0304. The lowest BCUT2D eigenvalue weighted by Crippen LogP contribution is -2.39. The fourth-order valence-corrected chi connectivity index (χ4v) is 6.15. The van der Waals surface area contributed by atoms with E-state index in [4.69, 9.17) is 22.0 Å². The molecule has 48 heavy (non-hydrogen) atoms. The monoisotopic (exact) mass is 708 g/mol. The van der Waals surface area contributed by atoms with Gasteiger partial charge in [0.25, 0.3) is 0 Å². The number of rotatable bonds is 16. The van der Waals surface area contributed by atoms with Gasteiger partial charge >= 0.3 is 0 Å². The van der Waals surface area contributed by atoms with E-state index in [0.29, 0.717) is 42.8 Å². The summed E-state index contributed by atoms with van der Waals surface area (Å²) in [7, 11) is 0. The summed E-state index contributed by atoms with van der Waals surface area (Å²) >= 11 is 6.97. The molecule has 0 spiro atoms. The highest BCUT2D eigenvalue weighted by Crippen LogP contribution is 2.34. The zero-order valence-electron chi connectivity index (χ0n) is 29.1. The summed E-state index contributed by atoms with van der Waals surface area (Å²) < 4.78 is 37.3. The fraction of sp³-hybridized carbons (Fsp3) is 0.514. The lowest BCUT2D eigenvalue weighted by atomic mass is 9.91. The average molecular weight is 709 g/mol. The number of hydrogen-bond acceptors (Lipinski definition) is 6. The Morgan fingerprint density at radius 3 is 2.50 bits per heavy atom. The maximum Gasteiger partial charge on any atom is 0.242 e. The standard InChI is InChI=1S/C29H42F2N4O2S.C6H4ClF.C2H6/c1-5-11-20(25(36)7-3)12-9-15-28(37)34-21-17-24-22(23(32)13-10-14-27(30)31)18-33-29(35(24)19-21)26(8-4)38-16-6-2;7-5-2-1-3-6(8)4-5;1-2/h6,8,10,13,16,20-21,27,32H,5,7,9,11-12,14-15,17-19H2,1-4H3,(H,34,37);1-4H;1-2H3/b13-10-,16-6-,26-8?,32-23?;;. The maximum atomic E-state index is 12.8. The van der Waals surface area contributed by atoms with Crippen LogP contribution >= 0.6 is 23.4 Å². The Morgan fingerprint density at radius 2 is 1.94 bits per heavy atom. The molecule has 11 heteroatoms. The normalized spacial score (nSPS) is 16.6. The Labute approximate surface area is 294 Å². The highest BCUT2D eigenvalue weighted by molar-refractivity contribution is 8.06. The van der Waals surface area contributed by atoms with Crippen molar-refractivity contribution >= 4 is 46.6 Å². The SMILES string of the molecule is CC.CC=C(S/C=C\C)C1=NCC(C(=N)/C=C\CC(F)F)=C2CC(NC(=O)CCCC(CCC)C(=O)CC)CN12.Fc1cccc(Cl)c1. The summed E-state index contributed by atoms with van der Waals surface area (Å²) in [6, 6.07) is 5.66. The molecule has 0 aliphatic carbocycles. The van der Waals surface area contributed by atoms with Gasteiger partial charge in [0.05, 0.1) is 18.3 Å². The molecule has 1 fully saturated rings. The second-order valence-electron chi connectivity index (χ2n) is 11.0. The molecule has 2 aliphatic heterocycles. The molecule has 1 saturated heterocycles. The van der Waals surface area contributed by atoms with Crippen molar-refractivity contribution < 1.29 is 22.8 Å². The topological polar surface area (TPSA) is 85.6 Å². The Balaban J connectivity index is 0.000000989. The van der Waals surface area contributed by atoms with E-state index >= 15 is 0 Å². The first-order valence-corrected chi connectivity index (χ1v) is 18.0. The van der Waals surface area contributed by atoms with Gasteiger partial charge < -0.3 is 15.6 Å². The summed E-state index contributed by atoms with van der Waals surface area (Å²) in [6.07, 6.45) is 8.51. The van der Waals surface area contributed by atoms with E-state index in [0.717, 1.165) is 35.7 Å². The van der Waals surface area contributed by atoms with Gasteiger partial charge in [-0.25, -0.2) is 13.2 Å². The molecule has 6 nitrogen and oxygen atoms in total. The van der Waals surface area contributed by atoms with Gasteiger partial charge in [0.15, 0.2) is 0 Å². The van der Waals surface area contributed by atoms with E-state index in [-0.39, 0.29) is 41.7 Å². The Kier molecular flexibility index (Phi) is 21.5. The predicted molar refractivity (Wildman–Crippen MR) is 197 cm³/mol. The van der Waals surface area contributed by atoms with E-state index in [1.165, 1.54) is 24.3 Å². The molecule has 2 atom stereocenters. The number of thioether (sulfide) groups is 1. The van der Waals surface area contributed by atoms with Gasteiger partial charge in [-0.05, 0) is 62.8 Å². The zero-order chi connectivity index (χ0) is 36.1. The lowest BCUT2D eigenvalue weighted by molar-refractivity contribution is -0.124. The minimum atomic E-state index is -2.45. The van der Waals surface area contributed by atoms with Crippen molar-refractivity contribution in [2.45, 2.75) is 105 Å². The van der Waals surface area contributed by atoms with Crippen LogP contribution in [-0.2, 0) is 9.59 Å². The number of allylic oxidation sites excluding steroid dienone is 4. The number of halogens is 4. The van der Waals surface area contributed by atoms with Crippen LogP contribution in [0.2, 0.25) is 5.02 Å². The van der Waals surface area contributed by atoms with Crippen LogP contribution in [0.1, 0.15) is 92.9 Å². The van der Waals surface area contributed by atoms with Gasteiger partial charge in [0.2, 0.25) is 12.3 Å². The molecule has 2 N–H and O–H groups in total. The van der Waals surface area contributed by atoms with Crippen molar-refractivity contribution in [2.75, 3.05) is 13.1 Å². The fourth-order valence-electron chi connectivity index (χ4n) is 5.27. The molecule has 266 valence electrons. The Hall–Kier alpha value is -3.11. The van der Waals surface area contributed by atoms with Crippen molar-refractivity contribution in [1.82, 2.24) is 10.2 Å². The second kappa shape index (κ2) is 24.1. The van der Waals surface area contributed by atoms with Gasteiger partial charge in [-0.15, -0.1) is 0 Å². The molecule has 2 aliphatic rings. The van der Waals surface area contributed by atoms with E-state index in [2.05, 4.69) is 17.1 Å². The number of carbonyl (C=O) groups is 2. The Bertz CT molecular complexity index is 1330. The quantitative estimate of drug-likeness (QED) is 0.167. The van der Waals surface area contributed by atoms with E-state index < -0.39 is 12.8 Å². The lowest BCUT2D eigenvalue weighted by Gasteiger charge is -2.29. The van der Waals surface area contributed by atoms with Crippen LogP contribution in [0.15, 0.2) is 75.1 Å². The van der Waals surface area contributed by atoms with Crippen molar-refractivity contribution in [2.24, 2.45) is 10.9 Å². The predicted octanol–water partition coefficient (Wildman–Crippen LogP) is 10.3. The first kappa shape index (κ1) is 42.9. The third kappa shape index (κ3) is 15.0. The summed E-state index contributed by atoms with van der Waals surface area (Å²) in [5, 5.41) is 14.1. The van der Waals surface area contributed by atoms with Crippen LogP contribution in [0.25, 0.3) is 0 Å². The number of amides is 1. The molecule has 2 unspecified atom stereocenters. The number of benzene rings is 1. The minimum Gasteiger partial charge on any atom is -0.351 e. The van der Waals surface area contributed by atoms with Gasteiger partial charge in [-0.1, -0.05) is 81.8 Å². The van der Waals surface area contributed by atoms with Crippen LogP contribution in [0.4, 0.5) is 13.2 Å². The summed E-state index contributed by atoms with van der Waals surface area (Å²) in [5.41, 5.74) is 1.78. The molecular formula is C37H52ClF3N4O2S. The molecule has 0 saturated carbocycles. The summed E-state index contributed by atoms with van der Waals surface area (Å²) in [6.45, 7) is 12.7. The van der Waals surface area contributed by atoms with E-state index in [9.17, 15) is 22.8 Å². The molecule has 3 rings (SSSR count). The molecule has 0 aromatic heterocycles. The third-order valence-electron chi connectivity index (χ3n) is 7.45. The average Bonchev–Trinajstić information content (AvgIpc) is 3.48. The number of amidine groups is 1. The van der Waals surface area contributed by atoms with Gasteiger partial charge in [0.1, 0.15) is 17.4 Å². The summed E-state index contributed by atoms with van der Waals surface area (Å²) in [5.74, 6) is 0.763. The number of nitrogens with one attached hydrogen (secondary N) is 2. The van der Waals surface area contributed by atoms with Crippen molar-refractivity contribution in [3.8, 4) is 0 Å². The Morgan fingerprint density at radius 1 is 1.21 bits per heavy atom. The van der Waals surface area contributed by atoms with Gasteiger partial charge in [0, 0.05) is 59.3 Å². The van der Waals surface area contributed by atoms with Crippen LogP contribution in [-0.4, -0.2) is 53.7 Å². The van der Waals surface area contributed by atoms with Gasteiger partial charge in [-0.2, -0.15) is 0 Å². The van der Waals surface area contributed by atoms with Crippen molar-refractivity contribution in [3.63, 3.8) is 0 Å². The number of hydrogen-bond donors (Lipinski definition) is 2. The number of carbonyl (C=O) groups excluding carboxylic acids is 2. The molecule has 1 aromatic carbocycles. The number of alkyl halides is 2. The first-order valence-electron chi connectivity index (χ1n) is 16.8. The number of ketones is 1. The second-order valence-corrected chi connectivity index (χ2v) is 12.3. The van der Waals surface area contributed by atoms with Gasteiger partial charge in [-0.3, -0.25) is 14.6 Å². The smallest absolute Gasteiger partial charge is 0.242 e.